The van der Waals surface area contributed by atoms with E-state index in [4.69, 9.17) is 0 Å². The lowest BCUT2D eigenvalue weighted by Crippen LogP contribution is -2.21. The molecule has 1 rings (SSSR count). The van der Waals surface area contributed by atoms with Crippen molar-refractivity contribution in [1.29, 1.82) is 0 Å². The van der Waals surface area contributed by atoms with Crippen molar-refractivity contribution in [3.8, 4) is 0 Å². The smallest absolute Gasteiger partial charge is 0.0391 e. The first-order valence-corrected chi connectivity index (χ1v) is 6.61. The fourth-order valence-electron chi connectivity index (χ4n) is 2.48. The summed E-state index contributed by atoms with van der Waals surface area (Å²) in [5.74, 6) is 3.89. The Morgan fingerprint density at radius 2 is 0.867 bits per heavy atom. The Bertz CT molecular complexity index is 100. The maximum Gasteiger partial charge on any atom is -0.0391 e. The minimum Gasteiger partial charge on any atom is -0.0776 e. The molecule has 0 radical (unpaired) electrons. The minimum atomic E-state index is 0. The van der Waals surface area contributed by atoms with Crippen molar-refractivity contribution in [3.63, 3.8) is 0 Å². The van der Waals surface area contributed by atoms with E-state index >= 15 is 0 Å². The molecule has 0 saturated heterocycles. The van der Waals surface area contributed by atoms with E-state index < -0.39 is 0 Å². The monoisotopic (exact) mass is 214 g/mol. The minimum absolute atomic E-state index is 0. The second-order valence-corrected chi connectivity index (χ2v) is 5.16. The highest BCUT2D eigenvalue weighted by Gasteiger charge is 2.24. The van der Waals surface area contributed by atoms with Gasteiger partial charge in [-0.15, -0.1) is 0 Å². The van der Waals surface area contributed by atoms with Crippen LogP contribution in [0.4, 0.5) is 0 Å². The van der Waals surface area contributed by atoms with Gasteiger partial charge in [0.1, 0.15) is 0 Å². The highest BCUT2D eigenvalue weighted by Crippen LogP contribution is 2.36. The molecule has 1 aliphatic rings. The van der Waals surface area contributed by atoms with E-state index in [1.54, 1.807) is 0 Å². The third-order valence-electron chi connectivity index (χ3n) is 3.70. The number of hydrogen-bond donors (Lipinski definition) is 0. The topological polar surface area (TPSA) is 0 Å². The van der Waals surface area contributed by atoms with Gasteiger partial charge in [-0.3, -0.25) is 0 Å². The van der Waals surface area contributed by atoms with Crippen LogP contribution in [0.15, 0.2) is 0 Å². The lowest BCUT2D eigenvalue weighted by molar-refractivity contribution is 0.189. The van der Waals surface area contributed by atoms with Crippen molar-refractivity contribution < 1.29 is 0 Å². The highest BCUT2D eigenvalue weighted by molar-refractivity contribution is 4.75. The van der Waals surface area contributed by atoms with Crippen LogP contribution in [0.3, 0.4) is 0 Å². The molecule has 0 heterocycles. The quantitative estimate of drug-likeness (QED) is 0.547. The van der Waals surface area contributed by atoms with Gasteiger partial charge in [0, 0.05) is 0 Å². The summed E-state index contributed by atoms with van der Waals surface area (Å²) in [5.41, 5.74) is 0. The Kier molecular flexibility index (Phi) is 10.7. The second kappa shape index (κ2) is 9.24. The van der Waals surface area contributed by atoms with Crippen LogP contribution < -0.4 is 0 Å². The summed E-state index contributed by atoms with van der Waals surface area (Å²) in [7, 11) is 0. The molecular weight excluding hydrogens is 180 g/mol. The van der Waals surface area contributed by atoms with Gasteiger partial charge in [0.2, 0.25) is 0 Å². The average Bonchev–Trinajstić information content (AvgIpc) is 2.21. The Morgan fingerprint density at radius 1 is 0.667 bits per heavy atom. The number of hydrogen-bond acceptors (Lipinski definition) is 0. The van der Waals surface area contributed by atoms with Crippen molar-refractivity contribution in [2.75, 3.05) is 0 Å². The molecule has 0 aliphatic heterocycles. The lowest BCUT2D eigenvalue weighted by atomic mass is 9.73. The first-order valence-electron chi connectivity index (χ1n) is 6.61. The molecule has 0 bridgehead atoms. The maximum absolute atomic E-state index is 2.38. The molecule has 0 aromatic rings. The van der Waals surface area contributed by atoms with Gasteiger partial charge in [0.05, 0.1) is 0 Å². The van der Waals surface area contributed by atoms with Crippen LogP contribution in [-0.2, 0) is 0 Å². The standard InChI is InChI=1S/C12H24.C2H6.CH4/c1-9(2)11-5-7-12(8-6-11)10(3)4;1-2;/h9-12H,5-8H2,1-4H3;1-2H3;1H4. The zero-order chi connectivity index (χ0) is 11.1. The molecule has 1 fully saturated rings. The first-order chi connectivity index (χ1) is 6.61. The van der Waals surface area contributed by atoms with Gasteiger partial charge in [-0.2, -0.15) is 0 Å². The maximum atomic E-state index is 2.38. The lowest BCUT2D eigenvalue weighted by Gasteiger charge is -2.32. The van der Waals surface area contributed by atoms with E-state index in [-0.39, 0.29) is 7.43 Å². The second-order valence-electron chi connectivity index (χ2n) is 5.16. The molecule has 0 aromatic carbocycles. The summed E-state index contributed by atoms with van der Waals surface area (Å²) in [6.07, 6.45) is 5.95. The predicted molar refractivity (Wildman–Crippen MR) is 73.2 cm³/mol. The molecule has 0 atom stereocenters. The molecule has 0 amide bonds. The van der Waals surface area contributed by atoms with E-state index in [2.05, 4.69) is 27.7 Å². The van der Waals surface area contributed by atoms with Crippen LogP contribution in [-0.4, -0.2) is 0 Å². The summed E-state index contributed by atoms with van der Waals surface area (Å²) in [4.78, 5) is 0. The Balaban J connectivity index is 0. The van der Waals surface area contributed by atoms with Crippen LogP contribution in [0, 0.1) is 23.7 Å². The van der Waals surface area contributed by atoms with Crippen LogP contribution >= 0.6 is 0 Å². The van der Waals surface area contributed by atoms with E-state index in [1.165, 1.54) is 25.7 Å². The van der Waals surface area contributed by atoms with Gasteiger partial charge >= 0.3 is 0 Å². The van der Waals surface area contributed by atoms with Crippen molar-refractivity contribution in [3.05, 3.63) is 0 Å². The molecule has 0 heteroatoms. The summed E-state index contributed by atoms with van der Waals surface area (Å²) in [6, 6.07) is 0. The Labute approximate surface area is 98.9 Å². The SMILES string of the molecule is C.CC.CC(C)C1CCC(C(C)C)CC1. The van der Waals surface area contributed by atoms with Crippen LogP contribution in [0.1, 0.15) is 74.7 Å². The van der Waals surface area contributed by atoms with Crippen LogP contribution in [0.2, 0.25) is 0 Å². The van der Waals surface area contributed by atoms with E-state index in [9.17, 15) is 0 Å². The third-order valence-corrected chi connectivity index (χ3v) is 3.70. The molecule has 1 aliphatic carbocycles. The number of rotatable bonds is 2. The molecule has 0 unspecified atom stereocenters. The van der Waals surface area contributed by atoms with Crippen molar-refractivity contribution in [1.82, 2.24) is 0 Å². The van der Waals surface area contributed by atoms with Crippen LogP contribution in [0.5, 0.6) is 0 Å². The van der Waals surface area contributed by atoms with E-state index in [0.717, 1.165) is 23.7 Å². The molecule has 1 saturated carbocycles. The van der Waals surface area contributed by atoms with Gasteiger partial charge in [-0.25, -0.2) is 0 Å². The highest BCUT2D eigenvalue weighted by atomic mass is 14.3. The fourth-order valence-corrected chi connectivity index (χ4v) is 2.48. The molecule has 0 nitrogen and oxygen atoms in total. The molecule has 0 aromatic heterocycles. The molecule has 0 spiro atoms. The van der Waals surface area contributed by atoms with Crippen molar-refractivity contribution >= 4 is 0 Å². The fraction of sp³-hybridized carbons (Fsp3) is 1.00. The van der Waals surface area contributed by atoms with Gasteiger partial charge in [0.15, 0.2) is 0 Å². The summed E-state index contributed by atoms with van der Waals surface area (Å²) in [5, 5.41) is 0. The first kappa shape index (κ1) is 17.4. The van der Waals surface area contributed by atoms with Crippen molar-refractivity contribution in [2.24, 2.45) is 23.7 Å². The molecule has 15 heavy (non-hydrogen) atoms. The van der Waals surface area contributed by atoms with Gasteiger partial charge in [-0.1, -0.05) is 49.0 Å². The summed E-state index contributed by atoms with van der Waals surface area (Å²) in [6.45, 7) is 13.5. The summed E-state index contributed by atoms with van der Waals surface area (Å²) < 4.78 is 0. The third kappa shape index (κ3) is 6.22. The summed E-state index contributed by atoms with van der Waals surface area (Å²) >= 11 is 0. The largest absolute Gasteiger partial charge is 0.0776 e. The zero-order valence-electron chi connectivity index (χ0n) is 11.1. The predicted octanol–water partition coefficient (Wildman–Crippen LogP) is 5.77. The Hall–Kier alpha value is 0. The van der Waals surface area contributed by atoms with Gasteiger partial charge in [0.25, 0.3) is 0 Å². The van der Waals surface area contributed by atoms with E-state index in [1.807, 2.05) is 13.8 Å². The van der Waals surface area contributed by atoms with Gasteiger partial charge < -0.3 is 0 Å². The molecular formula is C15H34. The molecule has 0 N–H and O–H groups in total. The zero-order valence-corrected chi connectivity index (χ0v) is 11.1. The molecule has 94 valence electrons. The van der Waals surface area contributed by atoms with E-state index in [0.29, 0.717) is 0 Å². The average molecular weight is 214 g/mol. The normalized spacial score (nSPS) is 25.6. The van der Waals surface area contributed by atoms with Crippen LogP contribution in [0.25, 0.3) is 0 Å². The van der Waals surface area contributed by atoms with Crippen molar-refractivity contribution in [2.45, 2.75) is 74.7 Å². The Morgan fingerprint density at radius 3 is 1.00 bits per heavy atom. The van der Waals surface area contributed by atoms with Gasteiger partial charge in [-0.05, 0) is 49.4 Å².